The molecular weight excluding hydrogens is 417 g/mol. The molecule has 3 rings (SSSR count). The van der Waals surface area contributed by atoms with E-state index in [2.05, 4.69) is 16.9 Å². The van der Waals surface area contributed by atoms with Crippen molar-refractivity contribution >= 4 is 13.7 Å². The van der Waals surface area contributed by atoms with E-state index in [1.165, 1.54) is 14.2 Å². The molecule has 164 valence electrons. The van der Waals surface area contributed by atoms with Gasteiger partial charge in [-0.1, -0.05) is 96.9 Å². The molecular formula is C27H28NO3P. The van der Waals surface area contributed by atoms with E-state index in [1.807, 2.05) is 91.0 Å². The summed E-state index contributed by atoms with van der Waals surface area (Å²) >= 11 is 0. The minimum atomic E-state index is -3.56. The third kappa shape index (κ3) is 5.85. The maximum atomic E-state index is 13.8. The van der Waals surface area contributed by atoms with Gasteiger partial charge in [-0.25, -0.2) is 0 Å². The first kappa shape index (κ1) is 23.7. The summed E-state index contributed by atoms with van der Waals surface area (Å²) < 4.78 is 24.8. The van der Waals surface area contributed by atoms with Gasteiger partial charge in [-0.2, -0.15) is 0 Å². The number of benzene rings is 3. The summed E-state index contributed by atoms with van der Waals surface area (Å²) in [4.78, 5) is 2.08. The lowest BCUT2D eigenvalue weighted by atomic mass is 10.1. The van der Waals surface area contributed by atoms with Crippen LogP contribution in [0.1, 0.15) is 28.0 Å². The van der Waals surface area contributed by atoms with Crippen molar-refractivity contribution in [1.82, 2.24) is 4.90 Å². The van der Waals surface area contributed by atoms with E-state index in [1.54, 1.807) is 0 Å². The number of hydrogen-bond acceptors (Lipinski definition) is 4. The normalized spacial score (nSPS) is 12.7. The number of nitrogens with zero attached hydrogens (tertiary/aromatic N) is 1. The van der Waals surface area contributed by atoms with Crippen LogP contribution in [0.5, 0.6) is 0 Å². The van der Waals surface area contributed by atoms with Crippen molar-refractivity contribution < 1.29 is 13.6 Å². The molecule has 5 heteroatoms. The molecule has 0 heterocycles. The SMILES string of the molecule is C#Cc1ccccc1C(N(C/C=C/c1ccccc1)Cc1ccccc1)P(=O)(OC)OC. The summed E-state index contributed by atoms with van der Waals surface area (Å²) in [5.41, 5.74) is 3.58. The largest absolute Gasteiger partial charge is 0.351 e. The van der Waals surface area contributed by atoms with Crippen LogP contribution >= 0.6 is 7.60 Å². The second kappa shape index (κ2) is 11.6. The van der Waals surface area contributed by atoms with E-state index in [4.69, 9.17) is 15.5 Å². The molecule has 0 saturated carbocycles. The fourth-order valence-corrected chi connectivity index (χ4v) is 5.34. The van der Waals surface area contributed by atoms with Crippen molar-refractivity contribution in [1.29, 1.82) is 0 Å². The summed E-state index contributed by atoms with van der Waals surface area (Å²) in [6.07, 6.45) is 9.89. The van der Waals surface area contributed by atoms with Gasteiger partial charge in [-0.3, -0.25) is 9.46 Å². The summed E-state index contributed by atoms with van der Waals surface area (Å²) in [5, 5.41) is 0. The molecule has 4 nitrogen and oxygen atoms in total. The van der Waals surface area contributed by atoms with E-state index in [9.17, 15) is 4.57 Å². The van der Waals surface area contributed by atoms with Crippen molar-refractivity contribution in [3.8, 4) is 12.3 Å². The second-order valence-electron chi connectivity index (χ2n) is 7.24. The molecule has 0 amide bonds. The fraction of sp³-hybridized carbons (Fsp3) is 0.185. The van der Waals surface area contributed by atoms with Gasteiger partial charge in [0.2, 0.25) is 0 Å². The molecule has 0 aliphatic heterocycles. The van der Waals surface area contributed by atoms with Crippen LogP contribution in [0.25, 0.3) is 6.08 Å². The van der Waals surface area contributed by atoms with Gasteiger partial charge < -0.3 is 9.05 Å². The molecule has 0 aliphatic carbocycles. The highest BCUT2D eigenvalue weighted by Crippen LogP contribution is 2.62. The Morgan fingerprint density at radius 1 is 0.938 bits per heavy atom. The Morgan fingerprint density at radius 3 is 2.16 bits per heavy atom. The van der Waals surface area contributed by atoms with E-state index in [0.29, 0.717) is 18.7 Å². The van der Waals surface area contributed by atoms with Crippen molar-refractivity contribution in [2.75, 3.05) is 20.8 Å². The Morgan fingerprint density at radius 2 is 1.53 bits per heavy atom. The summed E-state index contributed by atoms with van der Waals surface area (Å²) in [7, 11) is -0.736. The van der Waals surface area contributed by atoms with Crippen LogP contribution in [-0.4, -0.2) is 25.7 Å². The highest BCUT2D eigenvalue weighted by molar-refractivity contribution is 7.54. The standard InChI is InChI=1S/C27H28NO3P/c1-4-25-19-11-12-20-26(25)27(32(29,30-2)31-3)28(22-24-16-9-6-10-17-24)21-13-18-23-14-7-5-8-15-23/h1,5-20,27H,21-22H2,2-3H3/b18-13+. The van der Waals surface area contributed by atoms with Crippen LogP contribution in [0, 0.1) is 12.3 Å². The quantitative estimate of drug-likeness (QED) is 0.269. The van der Waals surface area contributed by atoms with Crippen molar-refractivity contribution in [3.05, 3.63) is 113 Å². The van der Waals surface area contributed by atoms with Crippen molar-refractivity contribution in [2.45, 2.75) is 12.3 Å². The average Bonchev–Trinajstić information content (AvgIpc) is 2.85. The van der Waals surface area contributed by atoms with Crippen LogP contribution in [0.15, 0.2) is 91.0 Å². The summed E-state index contributed by atoms with van der Waals surface area (Å²) in [5.74, 6) is 2.04. The molecule has 0 fully saturated rings. The predicted molar refractivity (Wildman–Crippen MR) is 131 cm³/mol. The first-order valence-corrected chi connectivity index (χ1v) is 12.0. The summed E-state index contributed by atoms with van der Waals surface area (Å²) in [6.45, 7) is 1.06. The molecule has 3 aromatic rings. The first-order chi connectivity index (χ1) is 15.6. The summed E-state index contributed by atoms with van der Waals surface area (Å²) in [6, 6.07) is 27.6. The number of terminal acetylenes is 1. The van der Waals surface area contributed by atoms with Crippen LogP contribution in [0.3, 0.4) is 0 Å². The van der Waals surface area contributed by atoms with Crippen LogP contribution in [0.4, 0.5) is 0 Å². The third-order valence-electron chi connectivity index (χ3n) is 5.23. The van der Waals surface area contributed by atoms with E-state index < -0.39 is 13.4 Å². The average molecular weight is 445 g/mol. The molecule has 1 atom stereocenters. The zero-order valence-corrected chi connectivity index (χ0v) is 19.3. The van der Waals surface area contributed by atoms with Gasteiger partial charge in [0.25, 0.3) is 0 Å². The van der Waals surface area contributed by atoms with Crippen molar-refractivity contribution in [2.24, 2.45) is 0 Å². The van der Waals surface area contributed by atoms with Gasteiger partial charge in [-0.05, 0) is 22.8 Å². The van der Waals surface area contributed by atoms with E-state index in [0.717, 1.165) is 16.7 Å². The lowest BCUT2D eigenvalue weighted by Gasteiger charge is -2.35. The van der Waals surface area contributed by atoms with Gasteiger partial charge in [0.05, 0.1) is 0 Å². The van der Waals surface area contributed by atoms with Crippen LogP contribution < -0.4 is 0 Å². The topological polar surface area (TPSA) is 38.8 Å². The lowest BCUT2D eigenvalue weighted by Crippen LogP contribution is -2.30. The zero-order chi connectivity index (χ0) is 22.8. The van der Waals surface area contributed by atoms with Gasteiger partial charge >= 0.3 is 7.60 Å². The first-order valence-electron chi connectivity index (χ1n) is 10.4. The maximum Gasteiger partial charge on any atom is 0.351 e. The number of hydrogen-bond donors (Lipinski definition) is 0. The van der Waals surface area contributed by atoms with E-state index >= 15 is 0 Å². The smallest absolute Gasteiger partial charge is 0.311 e. The Bertz CT molecular complexity index is 1100. The van der Waals surface area contributed by atoms with Crippen molar-refractivity contribution in [3.63, 3.8) is 0 Å². The van der Waals surface area contributed by atoms with Crippen LogP contribution in [-0.2, 0) is 20.2 Å². The molecule has 0 radical (unpaired) electrons. The Hall–Kier alpha value is -2.93. The monoisotopic (exact) mass is 445 g/mol. The predicted octanol–water partition coefficient (Wildman–Crippen LogP) is 6.37. The molecule has 0 bridgehead atoms. The Kier molecular flexibility index (Phi) is 8.62. The molecule has 32 heavy (non-hydrogen) atoms. The molecule has 0 aliphatic rings. The molecule has 0 N–H and O–H groups in total. The molecule has 0 aromatic heterocycles. The van der Waals surface area contributed by atoms with Gasteiger partial charge in [-0.15, -0.1) is 6.42 Å². The van der Waals surface area contributed by atoms with Gasteiger partial charge in [0, 0.05) is 32.9 Å². The maximum absolute atomic E-state index is 13.8. The fourth-order valence-electron chi connectivity index (χ4n) is 3.65. The highest BCUT2D eigenvalue weighted by atomic mass is 31.2. The lowest BCUT2D eigenvalue weighted by molar-refractivity contribution is 0.195. The number of rotatable bonds is 10. The highest BCUT2D eigenvalue weighted by Gasteiger charge is 2.40. The van der Waals surface area contributed by atoms with Gasteiger partial charge in [0.15, 0.2) is 0 Å². The van der Waals surface area contributed by atoms with Gasteiger partial charge in [0.1, 0.15) is 5.78 Å². The Balaban J connectivity index is 2.06. The zero-order valence-electron chi connectivity index (χ0n) is 18.4. The molecule has 3 aromatic carbocycles. The minimum Gasteiger partial charge on any atom is -0.311 e. The van der Waals surface area contributed by atoms with E-state index in [-0.39, 0.29) is 0 Å². The molecule has 0 spiro atoms. The minimum absolute atomic E-state index is 0.518. The van der Waals surface area contributed by atoms with Crippen LogP contribution in [0.2, 0.25) is 0 Å². The third-order valence-corrected chi connectivity index (χ3v) is 7.45. The second-order valence-corrected chi connectivity index (χ2v) is 9.54. The Labute approximate surface area is 191 Å². The molecule has 1 unspecified atom stereocenters. The molecule has 0 saturated heterocycles.